The van der Waals surface area contributed by atoms with E-state index in [2.05, 4.69) is 20.7 Å². The van der Waals surface area contributed by atoms with Gasteiger partial charge in [-0.15, -0.1) is 10.2 Å². The Hall–Kier alpha value is -2.48. The van der Waals surface area contributed by atoms with E-state index in [9.17, 15) is 9.59 Å². The molecular weight excluding hydrogens is 356 g/mol. The molecule has 9 heteroatoms. The summed E-state index contributed by atoms with van der Waals surface area (Å²) in [5, 5.41) is 14.9. The van der Waals surface area contributed by atoms with E-state index in [1.807, 2.05) is 13.8 Å². The van der Waals surface area contributed by atoms with Crippen molar-refractivity contribution in [1.82, 2.24) is 30.4 Å². The van der Waals surface area contributed by atoms with Gasteiger partial charge in [0.05, 0.1) is 0 Å². The molecule has 1 saturated heterocycles. The van der Waals surface area contributed by atoms with Crippen LogP contribution in [0.15, 0.2) is 24.5 Å². The van der Waals surface area contributed by atoms with Gasteiger partial charge in [-0.1, -0.05) is 18.5 Å². The van der Waals surface area contributed by atoms with Crippen molar-refractivity contribution < 1.29 is 9.59 Å². The number of likely N-dealkylation sites (tertiary alicyclic amines) is 1. The summed E-state index contributed by atoms with van der Waals surface area (Å²) >= 11 is 5.95. The van der Waals surface area contributed by atoms with Gasteiger partial charge in [-0.3, -0.25) is 9.59 Å². The van der Waals surface area contributed by atoms with Crippen LogP contribution in [0.1, 0.15) is 29.3 Å². The van der Waals surface area contributed by atoms with Crippen LogP contribution < -0.4 is 5.32 Å². The van der Waals surface area contributed by atoms with Gasteiger partial charge in [0.15, 0.2) is 6.33 Å². The van der Waals surface area contributed by atoms with Crippen molar-refractivity contribution in [2.24, 2.45) is 5.92 Å². The third-order valence-corrected chi connectivity index (χ3v) is 4.91. The van der Waals surface area contributed by atoms with E-state index in [0.29, 0.717) is 30.1 Å². The zero-order valence-electron chi connectivity index (χ0n) is 14.7. The molecule has 0 radical (unpaired) electrons. The summed E-state index contributed by atoms with van der Waals surface area (Å²) in [6.07, 6.45) is 2.01. The highest BCUT2D eigenvalue weighted by Gasteiger charge is 2.30. The summed E-state index contributed by atoms with van der Waals surface area (Å²) in [4.78, 5) is 27.9. The fraction of sp³-hybridized carbons (Fsp3) is 0.471. The highest BCUT2D eigenvalue weighted by Crippen LogP contribution is 2.19. The normalized spacial score (nSPS) is 20.0. The first-order valence-corrected chi connectivity index (χ1v) is 8.87. The van der Waals surface area contributed by atoms with Gasteiger partial charge in [-0.05, 0) is 48.2 Å². The molecule has 0 aliphatic carbocycles. The number of tetrazole rings is 1. The standard InChI is InChI=1S/C17H21ClN6O2/c1-11-7-13(18)3-4-14(11)17(26)21-15-5-6-23(8-12(15)2)16(25)9-24-20-10-19-22-24/h3-4,7,10,12,15H,5-6,8-9H2,1-2H3,(H,21,26). The Kier molecular flexibility index (Phi) is 5.51. The Bertz CT molecular complexity index is 795. The summed E-state index contributed by atoms with van der Waals surface area (Å²) in [6.45, 7) is 5.14. The zero-order chi connectivity index (χ0) is 18.7. The van der Waals surface area contributed by atoms with Crippen molar-refractivity contribution in [1.29, 1.82) is 0 Å². The molecule has 0 spiro atoms. The highest BCUT2D eigenvalue weighted by molar-refractivity contribution is 6.30. The number of carbonyl (C=O) groups excluding carboxylic acids is 2. The molecule has 0 bridgehead atoms. The molecule has 1 aromatic carbocycles. The Morgan fingerprint density at radius 1 is 1.38 bits per heavy atom. The van der Waals surface area contributed by atoms with E-state index in [0.717, 1.165) is 5.56 Å². The number of rotatable bonds is 4. The molecule has 0 saturated carbocycles. The Labute approximate surface area is 156 Å². The van der Waals surface area contributed by atoms with Crippen molar-refractivity contribution >= 4 is 23.4 Å². The number of carbonyl (C=O) groups is 2. The minimum atomic E-state index is -0.109. The first-order valence-electron chi connectivity index (χ1n) is 8.49. The molecule has 1 aliphatic heterocycles. The minimum absolute atomic E-state index is 0.0196. The van der Waals surface area contributed by atoms with Crippen LogP contribution >= 0.6 is 11.6 Å². The van der Waals surface area contributed by atoms with Crippen molar-refractivity contribution in [3.8, 4) is 0 Å². The Balaban J connectivity index is 1.57. The number of aromatic nitrogens is 4. The van der Waals surface area contributed by atoms with Gasteiger partial charge >= 0.3 is 0 Å². The van der Waals surface area contributed by atoms with Crippen LogP contribution in [-0.4, -0.2) is 56.1 Å². The van der Waals surface area contributed by atoms with Crippen LogP contribution in [0, 0.1) is 12.8 Å². The van der Waals surface area contributed by atoms with E-state index in [1.54, 1.807) is 23.1 Å². The second-order valence-electron chi connectivity index (χ2n) is 6.61. The summed E-state index contributed by atoms with van der Waals surface area (Å²) in [5.74, 6) is -0.0104. The molecule has 2 atom stereocenters. The van der Waals surface area contributed by atoms with Gasteiger partial charge in [0, 0.05) is 29.7 Å². The second-order valence-corrected chi connectivity index (χ2v) is 7.05. The van der Waals surface area contributed by atoms with E-state index in [-0.39, 0.29) is 30.3 Å². The van der Waals surface area contributed by atoms with E-state index in [1.165, 1.54) is 11.1 Å². The number of hydrogen-bond acceptors (Lipinski definition) is 5. The number of amides is 2. The Morgan fingerprint density at radius 3 is 2.85 bits per heavy atom. The predicted molar refractivity (Wildman–Crippen MR) is 95.6 cm³/mol. The molecule has 26 heavy (non-hydrogen) atoms. The maximum Gasteiger partial charge on any atom is 0.251 e. The third-order valence-electron chi connectivity index (χ3n) is 4.68. The van der Waals surface area contributed by atoms with Gasteiger partial charge < -0.3 is 10.2 Å². The minimum Gasteiger partial charge on any atom is -0.349 e. The number of hydrogen-bond donors (Lipinski definition) is 1. The van der Waals surface area contributed by atoms with Gasteiger partial charge in [0.1, 0.15) is 6.54 Å². The predicted octanol–water partition coefficient (Wildman–Crippen LogP) is 1.30. The number of benzene rings is 1. The van der Waals surface area contributed by atoms with Crippen LogP contribution in [0.4, 0.5) is 0 Å². The lowest BCUT2D eigenvalue weighted by Gasteiger charge is -2.37. The average molecular weight is 377 g/mol. The summed E-state index contributed by atoms with van der Waals surface area (Å²) in [6, 6.07) is 5.25. The number of halogens is 1. The summed E-state index contributed by atoms with van der Waals surface area (Å²) < 4.78 is 0. The lowest BCUT2D eigenvalue weighted by molar-refractivity contribution is -0.134. The largest absolute Gasteiger partial charge is 0.349 e. The molecule has 2 amide bonds. The maximum absolute atomic E-state index is 12.6. The molecule has 1 aromatic heterocycles. The SMILES string of the molecule is Cc1cc(Cl)ccc1C(=O)NC1CCN(C(=O)Cn2ncnn2)CC1C. The van der Waals surface area contributed by atoms with Crippen LogP contribution in [0.2, 0.25) is 5.02 Å². The molecule has 8 nitrogen and oxygen atoms in total. The number of nitrogens with one attached hydrogen (secondary N) is 1. The van der Waals surface area contributed by atoms with Crippen molar-refractivity contribution in [3.63, 3.8) is 0 Å². The molecule has 2 aromatic rings. The monoisotopic (exact) mass is 376 g/mol. The first-order chi connectivity index (χ1) is 12.4. The first kappa shape index (κ1) is 18.3. The molecule has 3 rings (SSSR count). The van der Waals surface area contributed by atoms with Crippen LogP contribution in [0.5, 0.6) is 0 Å². The zero-order valence-corrected chi connectivity index (χ0v) is 15.5. The summed E-state index contributed by atoms with van der Waals surface area (Å²) in [7, 11) is 0. The summed E-state index contributed by atoms with van der Waals surface area (Å²) in [5.41, 5.74) is 1.47. The molecule has 2 heterocycles. The molecule has 1 aliphatic rings. The average Bonchev–Trinajstić information content (AvgIpc) is 3.09. The van der Waals surface area contributed by atoms with Crippen LogP contribution in [0.25, 0.3) is 0 Å². The van der Waals surface area contributed by atoms with E-state index >= 15 is 0 Å². The van der Waals surface area contributed by atoms with E-state index < -0.39 is 0 Å². The third kappa shape index (κ3) is 4.19. The van der Waals surface area contributed by atoms with Crippen LogP contribution in [-0.2, 0) is 11.3 Å². The highest BCUT2D eigenvalue weighted by atomic mass is 35.5. The maximum atomic E-state index is 12.6. The smallest absolute Gasteiger partial charge is 0.251 e. The van der Waals surface area contributed by atoms with Crippen LogP contribution in [0.3, 0.4) is 0 Å². The van der Waals surface area contributed by atoms with Gasteiger partial charge in [0.25, 0.3) is 5.91 Å². The quantitative estimate of drug-likeness (QED) is 0.868. The molecule has 138 valence electrons. The fourth-order valence-corrected chi connectivity index (χ4v) is 3.42. The van der Waals surface area contributed by atoms with Crippen molar-refractivity contribution in [2.75, 3.05) is 13.1 Å². The van der Waals surface area contributed by atoms with E-state index in [4.69, 9.17) is 11.6 Å². The number of piperidine rings is 1. The lowest BCUT2D eigenvalue weighted by Crippen LogP contribution is -2.52. The van der Waals surface area contributed by atoms with Crippen molar-refractivity contribution in [3.05, 3.63) is 40.7 Å². The van der Waals surface area contributed by atoms with Gasteiger partial charge in [0.2, 0.25) is 5.91 Å². The van der Waals surface area contributed by atoms with Gasteiger partial charge in [-0.25, -0.2) is 0 Å². The second kappa shape index (κ2) is 7.82. The van der Waals surface area contributed by atoms with Gasteiger partial charge in [-0.2, -0.15) is 4.80 Å². The number of aryl methyl sites for hydroxylation is 1. The topological polar surface area (TPSA) is 93.0 Å². The molecule has 2 unspecified atom stereocenters. The lowest BCUT2D eigenvalue weighted by atomic mass is 9.93. The van der Waals surface area contributed by atoms with Crippen molar-refractivity contribution in [2.45, 2.75) is 32.9 Å². The molecule has 1 N–H and O–H groups in total. The fourth-order valence-electron chi connectivity index (χ4n) is 3.20. The number of nitrogens with zero attached hydrogens (tertiary/aromatic N) is 5. The molecule has 1 fully saturated rings. The molecular formula is C17H21ClN6O2. The Morgan fingerprint density at radius 2 is 2.19 bits per heavy atom.